The Hall–Kier alpha value is -1.62. The van der Waals surface area contributed by atoms with Crippen LogP contribution in [0.2, 0.25) is 0 Å². The number of halogens is 3. The van der Waals surface area contributed by atoms with Crippen molar-refractivity contribution < 1.29 is 13.6 Å². The van der Waals surface area contributed by atoms with Gasteiger partial charge in [0.2, 0.25) is 5.78 Å². The van der Waals surface area contributed by atoms with Crippen LogP contribution < -0.4 is 0 Å². The van der Waals surface area contributed by atoms with E-state index in [1.165, 1.54) is 24.4 Å². The van der Waals surface area contributed by atoms with Gasteiger partial charge in [0, 0.05) is 21.8 Å². The molecule has 0 unspecified atom stereocenters. The SMILES string of the molecule is O=C(c1ccccn1)c1c(Br)cccc1C(F)F. The van der Waals surface area contributed by atoms with Crippen molar-refractivity contribution in [2.45, 2.75) is 6.43 Å². The number of carbonyl (C=O) groups excluding carboxylic acids is 1. The van der Waals surface area contributed by atoms with Crippen molar-refractivity contribution in [1.82, 2.24) is 4.98 Å². The Kier molecular flexibility index (Phi) is 3.81. The molecule has 0 aliphatic carbocycles. The van der Waals surface area contributed by atoms with Gasteiger partial charge in [0.05, 0.1) is 0 Å². The normalized spacial score (nSPS) is 10.7. The Morgan fingerprint density at radius 3 is 2.56 bits per heavy atom. The highest BCUT2D eigenvalue weighted by Gasteiger charge is 2.22. The van der Waals surface area contributed by atoms with Crippen molar-refractivity contribution in [3.63, 3.8) is 0 Å². The van der Waals surface area contributed by atoms with Crippen molar-refractivity contribution in [3.8, 4) is 0 Å². The maximum Gasteiger partial charge on any atom is 0.264 e. The van der Waals surface area contributed by atoms with Gasteiger partial charge in [0.25, 0.3) is 6.43 Å². The molecule has 1 aromatic heterocycles. The molecule has 0 aliphatic rings. The van der Waals surface area contributed by atoms with Crippen molar-refractivity contribution in [2.75, 3.05) is 0 Å². The summed E-state index contributed by atoms with van der Waals surface area (Å²) in [5.41, 5.74) is -0.183. The molecule has 0 radical (unpaired) electrons. The maximum absolute atomic E-state index is 12.9. The van der Waals surface area contributed by atoms with Crippen LogP contribution in [0.15, 0.2) is 47.1 Å². The maximum atomic E-state index is 12.9. The molecule has 2 aromatic rings. The molecule has 92 valence electrons. The standard InChI is InChI=1S/C13H8BrF2NO/c14-9-5-3-4-8(13(15)16)11(9)12(18)10-6-1-2-7-17-10/h1-7,13H. The number of pyridine rings is 1. The first kappa shape index (κ1) is 12.8. The van der Waals surface area contributed by atoms with Crippen LogP contribution in [-0.4, -0.2) is 10.8 Å². The predicted octanol–water partition coefficient (Wildman–Crippen LogP) is 4.01. The lowest BCUT2D eigenvalue weighted by atomic mass is 10.0. The quantitative estimate of drug-likeness (QED) is 0.802. The number of alkyl halides is 2. The largest absolute Gasteiger partial charge is 0.287 e. The highest BCUT2D eigenvalue weighted by atomic mass is 79.9. The van der Waals surface area contributed by atoms with E-state index in [0.29, 0.717) is 4.47 Å². The lowest BCUT2D eigenvalue weighted by Gasteiger charge is -2.09. The Morgan fingerprint density at radius 2 is 1.94 bits per heavy atom. The number of aromatic nitrogens is 1. The topological polar surface area (TPSA) is 30.0 Å². The molecule has 1 heterocycles. The van der Waals surface area contributed by atoms with E-state index >= 15 is 0 Å². The molecule has 1 aromatic carbocycles. The fraction of sp³-hybridized carbons (Fsp3) is 0.0769. The first-order valence-corrected chi connectivity index (χ1v) is 5.93. The van der Waals surface area contributed by atoms with Crippen LogP contribution in [0.3, 0.4) is 0 Å². The summed E-state index contributed by atoms with van der Waals surface area (Å²) in [5, 5.41) is 0. The predicted molar refractivity (Wildman–Crippen MR) is 66.8 cm³/mol. The van der Waals surface area contributed by atoms with E-state index in [0.717, 1.165) is 0 Å². The van der Waals surface area contributed by atoms with Crippen molar-refractivity contribution in [1.29, 1.82) is 0 Å². The van der Waals surface area contributed by atoms with E-state index in [9.17, 15) is 13.6 Å². The molecule has 0 fully saturated rings. The summed E-state index contributed by atoms with van der Waals surface area (Å²) in [5.74, 6) is -0.515. The van der Waals surface area contributed by atoms with E-state index in [-0.39, 0.29) is 16.8 Å². The van der Waals surface area contributed by atoms with E-state index in [4.69, 9.17) is 0 Å². The van der Waals surface area contributed by atoms with Gasteiger partial charge in [-0.05, 0) is 18.2 Å². The summed E-state index contributed by atoms with van der Waals surface area (Å²) >= 11 is 3.13. The molecule has 0 saturated heterocycles. The van der Waals surface area contributed by atoms with Crippen LogP contribution in [0.4, 0.5) is 8.78 Å². The third-order valence-corrected chi connectivity index (χ3v) is 3.07. The number of ketones is 1. The number of benzene rings is 1. The van der Waals surface area contributed by atoms with Gasteiger partial charge in [-0.3, -0.25) is 9.78 Å². The number of rotatable bonds is 3. The Balaban J connectivity index is 2.54. The minimum atomic E-state index is -2.70. The zero-order chi connectivity index (χ0) is 13.1. The third-order valence-electron chi connectivity index (χ3n) is 2.41. The number of carbonyl (C=O) groups is 1. The van der Waals surface area contributed by atoms with Crippen LogP contribution >= 0.6 is 15.9 Å². The Bertz CT molecular complexity index is 572. The van der Waals surface area contributed by atoms with Crippen LogP contribution in [0.5, 0.6) is 0 Å². The minimum Gasteiger partial charge on any atom is -0.287 e. The second kappa shape index (κ2) is 5.35. The zero-order valence-corrected chi connectivity index (χ0v) is 10.7. The molecular weight excluding hydrogens is 304 g/mol. The van der Waals surface area contributed by atoms with Crippen LogP contribution in [0.1, 0.15) is 28.0 Å². The molecule has 5 heteroatoms. The average molecular weight is 312 g/mol. The van der Waals surface area contributed by atoms with Gasteiger partial charge in [-0.1, -0.05) is 34.1 Å². The Morgan fingerprint density at radius 1 is 1.17 bits per heavy atom. The smallest absolute Gasteiger partial charge is 0.264 e. The molecular formula is C13H8BrF2NO. The first-order chi connectivity index (χ1) is 8.61. The molecule has 0 amide bonds. The van der Waals surface area contributed by atoms with Gasteiger partial charge >= 0.3 is 0 Å². The summed E-state index contributed by atoms with van der Waals surface area (Å²) in [4.78, 5) is 16.0. The number of hydrogen-bond donors (Lipinski definition) is 0. The highest BCUT2D eigenvalue weighted by molar-refractivity contribution is 9.10. The summed E-state index contributed by atoms with van der Waals surface area (Å²) in [6.07, 6.45) is -1.25. The molecule has 18 heavy (non-hydrogen) atoms. The van der Waals surface area contributed by atoms with Gasteiger partial charge in [0.1, 0.15) is 5.69 Å². The molecule has 2 rings (SSSR count). The van der Waals surface area contributed by atoms with E-state index in [2.05, 4.69) is 20.9 Å². The third kappa shape index (κ3) is 2.46. The highest BCUT2D eigenvalue weighted by Crippen LogP contribution is 2.30. The zero-order valence-electron chi connectivity index (χ0n) is 9.11. The van der Waals surface area contributed by atoms with Crippen molar-refractivity contribution in [3.05, 3.63) is 63.9 Å². The molecule has 0 saturated carbocycles. The van der Waals surface area contributed by atoms with Gasteiger partial charge in [-0.15, -0.1) is 0 Å². The van der Waals surface area contributed by atoms with E-state index in [1.807, 2.05) is 0 Å². The number of nitrogens with zero attached hydrogens (tertiary/aromatic N) is 1. The minimum absolute atomic E-state index is 0.0359. The lowest BCUT2D eigenvalue weighted by molar-refractivity contribution is 0.101. The van der Waals surface area contributed by atoms with Gasteiger partial charge < -0.3 is 0 Å². The molecule has 0 N–H and O–H groups in total. The molecule has 0 bridgehead atoms. The van der Waals surface area contributed by atoms with Gasteiger partial charge in [-0.2, -0.15) is 0 Å². The van der Waals surface area contributed by atoms with Gasteiger partial charge in [0.15, 0.2) is 0 Å². The molecule has 0 spiro atoms. The summed E-state index contributed by atoms with van der Waals surface area (Å²) in [6, 6.07) is 9.06. The average Bonchev–Trinajstić information content (AvgIpc) is 2.38. The summed E-state index contributed by atoms with van der Waals surface area (Å²) < 4.78 is 26.1. The van der Waals surface area contributed by atoms with E-state index in [1.54, 1.807) is 18.2 Å². The number of hydrogen-bond acceptors (Lipinski definition) is 2. The van der Waals surface area contributed by atoms with Crippen LogP contribution in [0, 0.1) is 0 Å². The van der Waals surface area contributed by atoms with Crippen molar-refractivity contribution in [2.24, 2.45) is 0 Å². The van der Waals surface area contributed by atoms with Crippen molar-refractivity contribution >= 4 is 21.7 Å². The second-order valence-electron chi connectivity index (χ2n) is 3.55. The van der Waals surface area contributed by atoms with E-state index < -0.39 is 12.2 Å². The van der Waals surface area contributed by atoms with Gasteiger partial charge in [-0.25, -0.2) is 8.78 Å². The van der Waals surface area contributed by atoms with Crippen LogP contribution in [0.25, 0.3) is 0 Å². The molecule has 0 atom stereocenters. The fourth-order valence-corrected chi connectivity index (χ4v) is 2.15. The fourth-order valence-electron chi connectivity index (χ4n) is 1.59. The lowest BCUT2D eigenvalue weighted by Crippen LogP contribution is -2.08. The second-order valence-corrected chi connectivity index (χ2v) is 4.40. The molecule has 2 nitrogen and oxygen atoms in total. The first-order valence-electron chi connectivity index (χ1n) is 5.13. The monoisotopic (exact) mass is 311 g/mol. The molecule has 0 aliphatic heterocycles. The van der Waals surface area contributed by atoms with Crippen LogP contribution in [-0.2, 0) is 0 Å². The summed E-state index contributed by atoms with van der Waals surface area (Å²) in [6.45, 7) is 0. The summed E-state index contributed by atoms with van der Waals surface area (Å²) in [7, 11) is 0. The Labute approximate surface area is 111 Å².